The van der Waals surface area contributed by atoms with Crippen molar-refractivity contribution in [3.8, 4) is 40.5 Å². The van der Waals surface area contributed by atoms with Crippen LogP contribution in [0.1, 0.15) is 22.3 Å². The van der Waals surface area contributed by atoms with Gasteiger partial charge >= 0.3 is 5.69 Å². The molecule has 8 heteroatoms. The zero-order valence-corrected chi connectivity index (χ0v) is 19.7. The fraction of sp³-hybridized carbons (Fsp3) is 0.179. The second kappa shape index (κ2) is 9.55. The van der Waals surface area contributed by atoms with E-state index in [4.69, 9.17) is 14.2 Å². The number of hydrogen-bond acceptors (Lipinski definition) is 6. The van der Waals surface area contributed by atoms with Crippen molar-refractivity contribution in [3.63, 3.8) is 0 Å². The van der Waals surface area contributed by atoms with E-state index in [2.05, 4.69) is 11.1 Å². The third-order valence-electron chi connectivity index (χ3n) is 6.09. The molecule has 180 valence electrons. The van der Waals surface area contributed by atoms with Crippen LogP contribution in [0.5, 0.6) is 23.1 Å². The largest absolute Gasteiger partial charge is 0.497 e. The SMILES string of the molecule is COc1ccc2c(c1)CCn1c-2cc(OCc2ccc(Oc3ccc(F)c(C)c3)c(C#N)c2)nc1=O. The number of aromatic nitrogens is 2. The van der Waals surface area contributed by atoms with Crippen molar-refractivity contribution >= 4 is 0 Å². The normalized spacial score (nSPS) is 11.7. The summed E-state index contributed by atoms with van der Waals surface area (Å²) in [6.45, 7) is 2.28. The van der Waals surface area contributed by atoms with E-state index in [1.165, 1.54) is 12.1 Å². The lowest BCUT2D eigenvalue weighted by Gasteiger charge is -2.22. The molecule has 0 aliphatic carbocycles. The van der Waals surface area contributed by atoms with Gasteiger partial charge in [0.05, 0.1) is 18.4 Å². The molecule has 1 aliphatic rings. The van der Waals surface area contributed by atoms with Crippen LogP contribution in [0, 0.1) is 24.1 Å². The molecule has 0 N–H and O–H groups in total. The lowest BCUT2D eigenvalue weighted by atomic mass is 9.97. The second-order valence-corrected chi connectivity index (χ2v) is 8.43. The number of halogens is 1. The molecule has 3 aromatic carbocycles. The summed E-state index contributed by atoms with van der Waals surface area (Å²) in [6, 6.07) is 19.1. The molecule has 0 saturated heterocycles. The molecule has 0 atom stereocenters. The summed E-state index contributed by atoms with van der Waals surface area (Å²) < 4.78 is 32.1. The molecule has 0 fully saturated rings. The summed E-state index contributed by atoms with van der Waals surface area (Å²) in [6.07, 6.45) is 0.712. The monoisotopic (exact) mass is 483 g/mol. The van der Waals surface area contributed by atoms with Crippen molar-refractivity contribution in [2.45, 2.75) is 26.5 Å². The maximum atomic E-state index is 13.5. The van der Waals surface area contributed by atoms with E-state index in [0.29, 0.717) is 41.2 Å². The summed E-state index contributed by atoms with van der Waals surface area (Å²) >= 11 is 0. The molecule has 36 heavy (non-hydrogen) atoms. The molecule has 1 aliphatic heterocycles. The van der Waals surface area contributed by atoms with E-state index in [0.717, 1.165) is 22.6 Å². The molecule has 0 amide bonds. The minimum absolute atomic E-state index is 0.107. The van der Waals surface area contributed by atoms with Crippen LogP contribution in [0.4, 0.5) is 4.39 Å². The van der Waals surface area contributed by atoms with Gasteiger partial charge in [-0.15, -0.1) is 0 Å². The Hall–Kier alpha value is -4.64. The summed E-state index contributed by atoms with van der Waals surface area (Å²) in [5.74, 6) is 1.44. The van der Waals surface area contributed by atoms with E-state index >= 15 is 0 Å². The fourth-order valence-electron chi connectivity index (χ4n) is 4.19. The third-order valence-corrected chi connectivity index (χ3v) is 6.09. The number of aryl methyl sites for hydroxylation is 2. The molecule has 1 aromatic heterocycles. The molecule has 2 heterocycles. The number of nitrogens with zero attached hydrogens (tertiary/aromatic N) is 3. The quantitative estimate of drug-likeness (QED) is 0.376. The zero-order chi connectivity index (χ0) is 25.2. The first-order valence-corrected chi connectivity index (χ1v) is 11.3. The van der Waals surface area contributed by atoms with Gasteiger partial charge < -0.3 is 14.2 Å². The van der Waals surface area contributed by atoms with Crippen LogP contribution in [0.3, 0.4) is 0 Å². The van der Waals surface area contributed by atoms with Crippen LogP contribution in [-0.4, -0.2) is 16.7 Å². The van der Waals surface area contributed by atoms with E-state index in [1.807, 2.05) is 18.2 Å². The first-order chi connectivity index (χ1) is 17.4. The van der Waals surface area contributed by atoms with Gasteiger partial charge in [0.15, 0.2) is 0 Å². The molecule has 0 unspecified atom stereocenters. The number of rotatable bonds is 6. The van der Waals surface area contributed by atoms with Gasteiger partial charge in [-0.2, -0.15) is 10.2 Å². The third kappa shape index (κ3) is 4.51. The standard InChI is InChI=1S/C28H22FN3O4/c1-17-11-22(5-7-24(17)29)36-26-8-3-18(12-20(26)15-30)16-35-27-14-25-23-6-4-21(34-2)13-19(23)9-10-32(25)28(33)31-27/h3-8,11-14H,9-10,16H2,1-2H3. The van der Waals surface area contributed by atoms with Crippen molar-refractivity contribution in [1.29, 1.82) is 5.26 Å². The molecular weight excluding hydrogens is 461 g/mol. The number of hydrogen-bond donors (Lipinski definition) is 0. The van der Waals surface area contributed by atoms with Crippen molar-refractivity contribution < 1.29 is 18.6 Å². The smallest absolute Gasteiger partial charge is 0.351 e. The number of benzene rings is 3. The maximum absolute atomic E-state index is 13.5. The molecule has 7 nitrogen and oxygen atoms in total. The predicted molar refractivity (Wildman–Crippen MR) is 131 cm³/mol. The summed E-state index contributed by atoms with van der Waals surface area (Å²) in [4.78, 5) is 16.7. The summed E-state index contributed by atoms with van der Waals surface area (Å²) in [7, 11) is 1.62. The lowest BCUT2D eigenvalue weighted by Crippen LogP contribution is -2.28. The Balaban J connectivity index is 1.36. The summed E-state index contributed by atoms with van der Waals surface area (Å²) in [5, 5.41) is 9.61. The van der Waals surface area contributed by atoms with Gasteiger partial charge in [0, 0.05) is 18.2 Å². The average Bonchev–Trinajstić information content (AvgIpc) is 2.89. The molecule has 4 aromatic rings. The second-order valence-electron chi connectivity index (χ2n) is 8.43. The molecule has 0 spiro atoms. The van der Waals surface area contributed by atoms with Crippen LogP contribution >= 0.6 is 0 Å². The Morgan fingerprint density at radius 2 is 1.92 bits per heavy atom. The van der Waals surface area contributed by atoms with Crippen LogP contribution in [0.25, 0.3) is 11.3 Å². The number of nitriles is 1. The Morgan fingerprint density at radius 3 is 2.69 bits per heavy atom. The highest BCUT2D eigenvalue weighted by Crippen LogP contribution is 2.32. The number of ether oxygens (including phenoxy) is 3. The zero-order valence-electron chi connectivity index (χ0n) is 19.7. The lowest BCUT2D eigenvalue weighted by molar-refractivity contribution is 0.291. The molecule has 0 radical (unpaired) electrons. The van der Waals surface area contributed by atoms with Gasteiger partial charge in [-0.05, 0) is 78.6 Å². The Morgan fingerprint density at radius 1 is 1.08 bits per heavy atom. The first kappa shape index (κ1) is 23.1. The summed E-state index contributed by atoms with van der Waals surface area (Å²) in [5.41, 5.74) is 3.86. The van der Waals surface area contributed by atoms with Crippen molar-refractivity contribution in [1.82, 2.24) is 9.55 Å². The van der Waals surface area contributed by atoms with Gasteiger partial charge in [0.2, 0.25) is 5.88 Å². The van der Waals surface area contributed by atoms with Crippen LogP contribution < -0.4 is 19.9 Å². The van der Waals surface area contributed by atoms with Crippen LogP contribution in [-0.2, 0) is 19.6 Å². The predicted octanol–water partition coefficient (Wildman–Crippen LogP) is 5.17. The Kier molecular flexibility index (Phi) is 6.13. The topological polar surface area (TPSA) is 86.4 Å². The molecule has 0 saturated carbocycles. The highest BCUT2D eigenvalue weighted by atomic mass is 19.1. The first-order valence-electron chi connectivity index (χ1n) is 11.3. The van der Waals surface area contributed by atoms with Gasteiger partial charge in [-0.25, -0.2) is 9.18 Å². The van der Waals surface area contributed by atoms with Crippen molar-refractivity contribution in [2.24, 2.45) is 0 Å². The molecular formula is C28H22FN3O4. The van der Waals surface area contributed by atoms with E-state index in [9.17, 15) is 14.4 Å². The highest BCUT2D eigenvalue weighted by Gasteiger charge is 2.20. The average molecular weight is 483 g/mol. The maximum Gasteiger partial charge on any atom is 0.351 e. The van der Waals surface area contributed by atoms with E-state index in [-0.39, 0.29) is 24.0 Å². The number of fused-ring (bicyclic) bond motifs is 3. The molecule has 0 bridgehead atoms. The Bertz CT molecular complexity index is 1570. The minimum atomic E-state index is -0.375. The minimum Gasteiger partial charge on any atom is -0.497 e. The molecule has 5 rings (SSSR count). The van der Waals surface area contributed by atoms with Crippen molar-refractivity contribution in [3.05, 3.63) is 99.2 Å². The van der Waals surface area contributed by atoms with Gasteiger partial charge in [-0.1, -0.05) is 6.07 Å². The van der Waals surface area contributed by atoms with E-state index < -0.39 is 0 Å². The Labute approximate surface area is 206 Å². The fourth-order valence-corrected chi connectivity index (χ4v) is 4.19. The van der Waals surface area contributed by atoms with Crippen LogP contribution in [0.2, 0.25) is 0 Å². The van der Waals surface area contributed by atoms with Crippen molar-refractivity contribution in [2.75, 3.05) is 7.11 Å². The van der Waals surface area contributed by atoms with Gasteiger partial charge in [0.1, 0.15) is 35.7 Å². The van der Waals surface area contributed by atoms with Crippen LogP contribution in [0.15, 0.2) is 65.5 Å². The van der Waals surface area contributed by atoms with E-state index in [1.54, 1.807) is 48.9 Å². The highest BCUT2D eigenvalue weighted by molar-refractivity contribution is 5.67. The van der Waals surface area contributed by atoms with Gasteiger partial charge in [-0.3, -0.25) is 4.57 Å². The number of methoxy groups -OCH3 is 1. The van der Waals surface area contributed by atoms with Gasteiger partial charge in [0.25, 0.3) is 0 Å².